The molecule has 0 aliphatic rings. The molecule has 0 aliphatic heterocycles. The van der Waals surface area contributed by atoms with Crippen molar-refractivity contribution in [1.82, 2.24) is 9.71 Å². The molecule has 1 heterocycles. The number of rotatable bonds is 9. The fourth-order valence-corrected chi connectivity index (χ4v) is 5.90. The number of pyridine rings is 1. The van der Waals surface area contributed by atoms with Crippen LogP contribution in [0, 0.1) is 6.92 Å². The van der Waals surface area contributed by atoms with Crippen molar-refractivity contribution in [1.29, 1.82) is 0 Å². The van der Waals surface area contributed by atoms with E-state index in [1.807, 2.05) is 20.8 Å². The Morgan fingerprint density at radius 2 is 1.53 bits per heavy atom. The minimum atomic E-state index is -3.95. The summed E-state index contributed by atoms with van der Waals surface area (Å²) in [7, 11) is -7.83. The van der Waals surface area contributed by atoms with E-state index in [4.69, 9.17) is 4.74 Å². The molecule has 0 fully saturated rings. The fraction of sp³-hybridized carbons (Fsp3) is 0.261. The van der Waals surface area contributed by atoms with Gasteiger partial charge in [0.2, 0.25) is 10.0 Å². The highest BCUT2D eigenvalue weighted by Crippen LogP contribution is 2.29. The lowest BCUT2D eigenvalue weighted by Gasteiger charge is -2.19. The summed E-state index contributed by atoms with van der Waals surface area (Å²) in [4.78, 5) is 4.14. The summed E-state index contributed by atoms with van der Waals surface area (Å²) in [5.74, 6) is 0.550. The maximum absolute atomic E-state index is 13.4. The summed E-state index contributed by atoms with van der Waals surface area (Å²) >= 11 is 0. The molecule has 1 N–H and O–H groups in total. The fourth-order valence-electron chi connectivity index (χ4n) is 3.10. The number of aromatic nitrogens is 1. The molecule has 1 atom stereocenters. The minimum Gasteiger partial charge on any atom is -0.491 e. The predicted octanol–water partition coefficient (Wildman–Crippen LogP) is 3.67. The van der Waals surface area contributed by atoms with Gasteiger partial charge in [0.25, 0.3) is 0 Å². The molecule has 0 radical (unpaired) electrons. The van der Waals surface area contributed by atoms with E-state index in [0.29, 0.717) is 11.3 Å². The second-order valence-corrected chi connectivity index (χ2v) is 11.5. The van der Waals surface area contributed by atoms with Gasteiger partial charge in [0.1, 0.15) is 11.0 Å². The molecule has 7 nitrogen and oxygen atoms in total. The normalized spacial score (nSPS) is 13.1. The average Bonchev–Trinajstić information content (AvgIpc) is 2.75. The molecule has 170 valence electrons. The molecule has 32 heavy (non-hydrogen) atoms. The Balaban J connectivity index is 1.88. The molecule has 2 aromatic carbocycles. The van der Waals surface area contributed by atoms with Crippen LogP contribution in [0.3, 0.4) is 0 Å². The van der Waals surface area contributed by atoms with Gasteiger partial charge >= 0.3 is 0 Å². The second kappa shape index (κ2) is 9.81. The van der Waals surface area contributed by atoms with Crippen LogP contribution in [0.15, 0.2) is 82.8 Å². The highest BCUT2D eigenvalue weighted by molar-refractivity contribution is 7.92. The van der Waals surface area contributed by atoms with Crippen LogP contribution in [0.2, 0.25) is 0 Å². The Labute approximate surface area is 189 Å². The van der Waals surface area contributed by atoms with Crippen molar-refractivity contribution in [3.8, 4) is 5.75 Å². The second-order valence-electron chi connectivity index (χ2n) is 7.62. The first kappa shape index (κ1) is 23.9. The number of aryl methyl sites for hydroxylation is 1. The van der Waals surface area contributed by atoms with Crippen molar-refractivity contribution < 1.29 is 21.6 Å². The van der Waals surface area contributed by atoms with E-state index in [9.17, 15) is 16.8 Å². The number of nitrogens with one attached hydrogen (secondary N) is 1. The molecule has 0 aliphatic carbocycles. The van der Waals surface area contributed by atoms with Crippen LogP contribution in [-0.4, -0.2) is 34.5 Å². The summed E-state index contributed by atoms with van der Waals surface area (Å²) in [6, 6.07) is 15.7. The van der Waals surface area contributed by atoms with E-state index < -0.39 is 25.1 Å². The van der Waals surface area contributed by atoms with Crippen molar-refractivity contribution in [3.63, 3.8) is 0 Å². The largest absolute Gasteiger partial charge is 0.491 e. The topological polar surface area (TPSA) is 102 Å². The lowest BCUT2D eigenvalue weighted by molar-refractivity contribution is 0.242. The molecule has 0 saturated carbocycles. The van der Waals surface area contributed by atoms with Crippen molar-refractivity contribution in [2.75, 3.05) is 6.54 Å². The van der Waals surface area contributed by atoms with Gasteiger partial charge in [-0.1, -0.05) is 23.8 Å². The molecule has 0 saturated heterocycles. The quantitative estimate of drug-likeness (QED) is 0.508. The van der Waals surface area contributed by atoms with Gasteiger partial charge < -0.3 is 4.74 Å². The van der Waals surface area contributed by atoms with Crippen LogP contribution >= 0.6 is 0 Å². The molecule has 1 unspecified atom stereocenters. The average molecular weight is 475 g/mol. The lowest BCUT2D eigenvalue weighted by Crippen LogP contribution is -2.32. The van der Waals surface area contributed by atoms with Gasteiger partial charge in [0, 0.05) is 18.9 Å². The molecular weight excluding hydrogens is 448 g/mol. The summed E-state index contributed by atoms with van der Waals surface area (Å²) < 4.78 is 60.4. The first-order valence-corrected chi connectivity index (χ1v) is 13.1. The van der Waals surface area contributed by atoms with E-state index in [-0.39, 0.29) is 22.4 Å². The first-order chi connectivity index (χ1) is 15.1. The van der Waals surface area contributed by atoms with Gasteiger partial charge in [-0.05, 0) is 68.8 Å². The third-order valence-electron chi connectivity index (χ3n) is 4.74. The van der Waals surface area contributed by atoms with Crippen molar-refractivity contribution >= 4 is 19.9 Å². The number of nitrogens with zero attached hydrogens (tertiary/aromatic N) is 1. The molecule has 0 amide bonds. The maximum Gasteiger partial charge on any atom is 0.240 e. The van der Waals surface area contributed by atoms with Gasteiger partial charge in [-0.25, -0.2) is 21.6 Å². The van der Waals surface area contributed by atoms with Gasteiger partial charge in [0.05, 0.1) is 15.9 Å². The summed E-state index contributed by atoms with van der Waals surface area (Å²) in [6.45, 7) is 5.27. The highest BCUT2D eigenvalue weighted by atomic mass is 32.2. The van der Waals surface area contributed by atoms with Crippen molar-refractivity contribution in [3.05, 3.63) is 84.2 Å². The van der Waals surface area contributed by atoms with Crippen LogP contribution in [0.5, 0.6) is 5.75 Å². The van der Waals surface area contributed by atoms with Crippen LogP contribution < -0.4 is 9.46 Å². The lowest BCUT2D eigenvalue weighted by atomic mass is 10.2. The zero-order valence-corrected chi connectivity index (χ0v) is 19.7. The Morgan fingerprint density at radius 3 is 2.09 bits per heavy atom. The molecule has 0 spiro atoms. The van der Waals surface area contributed by atoms with E-state index >= 15 is 0 Å². The molecule has 1 aromatic heterocycles. The van der Waals surface area contributed by atoms with Crippen LogP contribution in [0.4, 0.5) is 0 Å². The summed E-state index contributed by atoms with van der Waals surface area (Å²) in [5, 5.41) is -1.14. The van der Waals surface area contributed by atoms with Crippen molar-refractivity contribution in [2.45, 2.75) is 41.9 Å². The number of benzene rings is 2. The Bertz CT molecular complexity index is 1240. The SMILES string of the molecule is Cc1ccc(S(=O)(=O)C(CNS(=O)(=O)c2ccc(OC(C)C)cc2)c2cccnc2)cc1. The predicted molar refractivity (Wildman–Crippen MR) is 123 cm³/mol. The molecular formula is C23H26N2O5S2. The highest BCUT2D eigenvalue weighted by Gasteiger charge is 2.31. The zero-order valence-electron chi connectivity index (χ0n) is 18.1. The minimum absolute atomic E-state index is 0.0197. The zero-order chi connectivity index (χ0) is 23.4. The van der Waals surface area contributed by atoms with Gasteiger partial charge in [-0.2, -0.15) is 0 Å². The smallest absolute Gasteiger partial charge is 0.240 e. The van der Waals surface area contributed by atoms with E-state index in [0.717, 1.165) is 5.56 Å². The van der Waals surface area contributed by atoms with Gasteiger partial charge in [-0.15, -0.1) is 0 Å². The number of sulfonamides is 1. The van der Waals surface area contributed by atoms with E-state index in [2.05, 4.69) is 9.71 Å². The Hall–Kier alpha value is -2.75. The van der Waals surface area contributed by atoms with Crippen molar-refractivity contribution in [2.24, 2.45) is 0 Å². The standard InChI is InChI=1S/C23H26N2O5S2/c1-17(2)30-20-8-12-22(13-9-20)32(28,29)25-16-23(19-5-4-14-24-15-19)31(26,27)21-10-6-18(3)7-11-21/h4-15,17,23,25H,16H2,1-3H3. The van der Waals surface area contributed by atoms with Crippen LogP contribution in [-0.2, 0) is 19.9 Å². The maximum atomic E-state index is 13.4. The van der Waals surface area contributed by atoms with E-state index in [1.54, 1.807) is 36.4 Å². The third kappa shape index (κ3) is 5.73. The number of hydrogen-bond acceptors (Lipinski definition) is 6. The number of hydrogen-bond donors (Lipinski definition) is 1. The Morgan fingerprint density at radius 1 is 0.906 bits per heavy atom. The van der Waals surface area contributed by atoms with E-state index in [1.165, 1.54) is 36.7 Å². The van der Waals surface area contributed by atoms with Crippen LogP contribution in [0.25, 0.3) is 0 Å². The van der Waals surface area contributed by atoms with Gasteiger partial charge in [-0.3, -0.25) is 4.98 Å². The first-order valence-electron chi connectivity index (χ1n) is 10.1. The van der Waals surface area contributed by atoms with Crippen LogP contribution in [0.1, 0.15) is 30.2 Å². The molecule has 3 aromatic rings. The molecule has 3 rings (SSSR count). The number of sulfone groups is 1. The Kier molecular flexibility index (Phi) is 7.33. The molecule has 0 bridgehead atoms. The third-order valence-corrected chi connectivity index (χ3v) is 8.30. The van der Waals surface area contributed by atoms with Gasteiger partial charge in [0.15, 0.2) is 9.84 Å². The molecule has 9 heteroatoms. The monoisotopic (exact) mass is 474 g/mol. The summed E-state index contributed by atoms with van der Waals surface area (Å²) in [6.07, 6.45) is 2.93. The number of ether oxygens (including phenoxy) is 1. The summed E-state index contributed by atoms with van der Waals surface area (Å²) in [5.41, 5.74) is 1.32.